The van der Waals surface area contributed by atoms with Crippen LogP contribution in [0, 0.1) is 0 Å². The van der Waals surface area contributed by atoms with Crippen molar-refractivity contribution in [2.45, 2.75) is 38.5 Å². The molecule has 0 radical (unpaired) electrons. The van der Waals surface area contributed by atoms with Gasteiger partial charge in [0.1, 0.15) is 0 Å². The van der Waals surface area contributed by atoms with Gasteiger partial charge in [0.15, 0.2) is 0 Å². The summed E-state index contributed by atoms with van der Waals surface area (Å²) < 4.78 is 4.97. The smallest absolute Gasteiger partial charge is 0.0547 e. The Bertz CT molecular complexity index is 5940. The van der Waals surface area contributed by atoms with Gasteiger partial charge in [0.2, 0.25) is 0 Å². The number of hydrogen-bond donors (Lipinski definition) is 0. The van der Waals surface area contributed by atoms with Crippen LogP contribution in [0.3, 0.4) is 0 Å². The summed E-state index contributed by atoms with van der Waals surface area (Å²) in [5.41, 5.74) is 31.0. The molecular formula is C94H68N4. The summed E-state index contributed by atoms with van der Waals surface area (Å²) in [6.07, 6.45) is 0. The van der Waals surface area contributed by atoms with E-state index in [1.54, 1.807) is 0 Å². The first kappa shape index (κ1) is 57.2. The summed E-state index contributed by atoms with van der Waals surface area (Å²) in [5, 5.41) is 7.35. The number of aromatic nitrogens is 2. The monoisotopic (exact) mass is 1250 g/mol. The summed E-state index contributed by atoms with van der Waals surface area (Å²) in [6, 6.07) is 126. The Morgan fingerprint density at radius 1 is 0.235 bits per heavy atom. The molecule has 0 fully saturated rings. The van der Waals surface area contributed by atoms with Crippen molar-refractivity contribution in [3.63, 3.8) is 0 Å². The average Bonchev–Trinajstić information content (AvgIpc) is 1.56. The van der Waals surface area contributed by atoms with E-state index in [-0.39, 0.29) is 10.8 Å². The molecule has 4 nitrogen and oxygen atoms in total. The van der Waals surface area contributed by atoms with Crippen molar-refractivity contribution in [3.05, 3.63) is 362 Å². The van der Waals surface area contributed by atoms with Crippen LogP contribution >= 0.6 is 0 Å². The van der Waals surface area contributed by atoms with Gasteiger partial charge >= 0.3 is 0 Å². The lowest BCUT2D eigenvalue weighted by Crippen LogP contribution is -2.18. The molecular weight excluding hydrogens is 1190 g/mol. The molecule has 0 saturated heterocycles. The summed E-state index contributed by atoms with van der Waals surface area (Å²) in [4.78, 5) is 4.87. The normalized spacial score (nSPS) is 13.3. The average molecular weight is 1250 g/mol. The van der Waals surface area contributed by atoms with Crippen LogP contribution in [0.2, 0.25) is 0 Å². The minimum absolute atomic E-state index is 0.142. The molecule has 4 heteroatoms. The van der Waals surface area contributed by atoms with Crippen LogP contribution in [0.25, 0.3) is 121 Å². The molecule has 464 valence electrons. The van der Waals surface area contributed by atoms with Gasteiger partial charge in [-0.15, -0.1) is 0 Å². The van der Waals surface area contributed by atoms with Gasteiger partial charge in [0.05, 0.1) is 27.8 Å². The first-order valence-electron chi connectivity index (χ1n) is 34.2. The molecule has 2 aliphatic rings. The van der Waals surface area contributed by atoms with E-state index in [1.165, 1.54) is 121 Å². The number of nitrogens with zero attached hydrogens (tertiary/aromatic N) is 4. The largest absolute Gasteiger partial charge is 0.311 e. The summed E-state index contributed by atoms with van der Waals surface area (Å²) in [6.45, 7) is 9.60. The highest BCUT2D eigenvalue weighted by atomic mass is 15.2. The lowest BCUT2D eigenvalue weighted by molar-refractivity contribution is 0.659. The Morgan fingerprint density at radius 2 is 0.602 bits per heavy atom. The number of rotatable bonds is 11. The van der Waals surface area contributed by atoms with E-state index in [0.29, 0.717) is 0 Å². The number of anilines is 6. The van der Waals surface area contributed by atoms with Crippen LogP contribution in [0.5, 0.6) is 0 Å². The fraction of sp³-hybridized carbons (Fsp3) is 0.0638. The van der Waals surface area contributed by atoms with E-state index in [0.717, 1.165) is 56.5 Å². The molecule has 2 aliphatic carbocycles. The second-order valence-corrected chi connectivity index (χ2v) is 27.6. The Hall–Kier alpha value is -12.2. The maximum absolute atomic E-state index is 2.51. The number of fused-ring (bicyclic) bond motifs is 13. The highest BCUT2D eigenvalue weighted by Gasteiger charge is 2.39. The maximum Gasteiger partial charge on any atom is 0.0547 e. The third-order valence-corrected chi connectivity index (χ3v) is 21.5. The molecule has 98 heavy (non-hydrogen) atoms. The molecule has 0 bridgehead atoms. The van der Waals surface area contributed by atoms with E-state index < -0.39 is 0 Å². The van der Waals surface area contributed by atoms with E-state index in [4.69, 9.17) is 0 Å². The highest BCUT2D eigenvalue weighted by molar-refractivity contribution is 6.22. The minimum atomic E-state index is -0.319. The van der Waals surface area contributed by atoms with Crippen molar-refractivity contribution < 1.29 is 0 Å². The molecule has 0 saturated carbocycles. The van der Waals surface area contributed by atoms with E-state index >= 15 is 0 Å². The predicted octanol–water partition coefficient (Wildman–Crippen LogP) is 25.6. The van der Waals surface area contributed by atoms with Gasteiger partial charge in [-0.25, -0.2) is 0 Å². The van der Waals surface area contributed by atoms with Gasteiger partial charge in [-0.1, -0.05) is 252 Å². The summed E-state index contributed by atoms with van der Waals surface area (Å²) in [7, 11) is 0. The van der Waals surface area contributed by atoms with Gasteiger partial charge in [-0.2, -0.15) is 0 Å². The Labute approximate surface area is 571 Å². The van der Waals surface area contributed by atoms with Crippen molar-refractivity contribution in [1.29, 1.82) is 0 Å². The van der Waals surface area contributed by atoms with Crippen LogP contribution < -0.4 is 9.80 Å². The van der Waals surface area contributed by atoms with Crippen LogP contribution in [-0.2, 0) is 10.8 Å². The van der Waals surface area contributed by atoms with Gasteiger partial charge in [0.25, 0.3) is 0 Å². The van der Waals surface area contributed by atoms with Gasteiger partial charge in [0, 0.05) is 77.6 Å². The Balaban J connectivity index is 0.700. The molecule has 15 aromatic carbocycles. The molecule has 2 heterocycles. The molecule has 2 aromatic heterocycles. The maximum atomic E-state index is 2.51. The summed E-state index contributed by atoms with van der Waals surface area (Å²) in [5.74, 6) is 0. The van der Waals surface area contributed by atoms with Crippen LogP contribution in [0.1, 0.15) is 49.9 Å². The zero-order valence-electron chi connectivity index (χ0n) is 55.1. The van der Waals surface area contributed by atoms with Crippen LogP contribution in [-0.4, -0.2) is 9.13 Å². The second kappa shape index (κ2) is 22.2. The number of para-hydroxylation sites is 2. The second-order valence-electron chi connectivity index (χ2n) is 27.6. The molecule has 0 N–H and O–H groups in total. The lowest BCUT2D eigenvalue weighted by atomic mass is 9.82. The zero-order chi connectivity index (χ0) is 65.4. The third kappa shape index (κ3) is 8.84. The molecule has 17 aromatic rings. The molecule has 0 amide bonds. The van der Waals surface area contributed by atoms with E-state index in [2.05, 4.69) is 386 Å². The van der Waals surface area contributed by atoms with E-state index in [9.17, 15) is 0 Å². The topological polar surface area (TPSA) is 16.3 Å². The van der Waals surface area contributed by atoms with E-state index in [1.807, 2.05) is 0 Å². The fourth-order valence-electron chi connectivity index (χ4n) is 16.8. The lowest BCUT2D eigenvalue weighted by Gasteiger charge is -2.30. The Kier molecular flexibility index (Phi) is 12.9. The zero-order valence-corrected chi connectivity index (χ0v) is 55.1. The fourth-order valence-corrected chi connectivity index (χ4v) is 16.8. The quantitative estimate of drug-likeness (QED) is 0.128. The van der Waals surface area contributed by atoms with Gasteiger partial charge in [-0.05, 0) is 199 Å². The first-order chi connectivity index (χ1) is 48.1. The Morgan fingerprint density at radius 3 is 1.16 bits per heavy atom. The van der Waals surface area contributed by atoms with Crippen molar-refractivity contribution >= 4 is 88.5 Å². The predicted molar refractivity (Wildman–Crippen MR) is 413 cm³/mol. The summed E-state index contributed by atoms with van der Waals surface area (Å²) >= 11 is 0. The van der Waals surface area contributed by atoms with Crippen LogP contribution in [0.4, 0.5) is 34.1 Å². The van der Waals surface area contributed by atoms with Gasteiger partial charge in [-0.3, -0.25) is 0 Å². The minimum Gasteiger partial charge on any atom is -0.311 e. The number of hydrogen-bond acceptors (Lipinski definition) is 2. The highest BCUT2D eigenvalue weighted by Crippen LogP contribution is 2.55. The van der Waals surface area contributed by atoms with Crippen molar-refractivity contribution in [1.82, 2.24) is 9.13 Å². The standard InChI is InChI=1S/C94H68N4/c1-93(2)82-34-16-13-29-74(82)75-55-52-70(58-83(75)93)96(86-37-19-27-65-26-11-12-28-73(65)86)71-53-56-76-77-57-54-72(60-85(77)94(3,4)84(76)59-71)98-88-36-18-15-31-81(88)92-79(33-21-39-90(92)98)78-32-20-38-89-91(78)80-30-14-17-35-87(80)97(89)69-50-48-68(49-51-69)95(66-44-40-63(41-45-66)61-22-7-5-8-23-61)67-46-42-64(43-47-67)62-24-9-6-10-25-62/h5-60H,1-4H3. The SMILES string of the molecule is CC1(C)c2ccccc2-c2ccc(N(c3ccc4c(c3)C(C)(C)c3cc(-n5c6ccccc6c6c(-c7cccc8c7c7ccccc7n8-c7ccc(N(c8ccc(-c9ccccc9)cc8)c8ccc(-c9ccccc9)cc8)cc7)cccc65)ccc3-4)c3cccc4ccccc34)cc21. The van der Waals surface area contributed by atoms with Crippen molar-refractivity contribution in [2.75, 3.05) is 9.80 Å². The molecule has 0 atom stereocenters. The first-order valence-corrected chi connectivity index (χ1v) is 34.2. The van der Waals surface area contributed by atoms with Crippen molar-refractivity contribution in [3.8, 4) is 67.0 Å². The van der Waals surface area contributed by atoms with Crippen molar-refractivity contribution in [2.24, 2.45) is 0 Å². The van der Waals surface area contributed by atoms with Crippen LogP contribution in [0.15, 0.2) is 340 Å². The molecule has 0 unspecified atom stereocenters. The number of benzene rings is 15. The molecule has 0 aliphatic heterocycles. The molecule has 19 rings (SSSR count). The third-order valence-electron chi connectivity index (χ3n) is 21.5. The van der Waals surface area contributed by atoms with Gasteiger partial charge < -0.3 is 18.9 Å². The molecule has 0 spiro atoms.